The first-order valence-electron chi connectivity index (χ1n) is 7.22. The van der Waals surface area contributed by atoms with Gasteiger partial charge in [-0.1, -0.05) is 42.0 Å². The van der Waals surface area contributed by atoms with Gasteiger partial charge in [0.15, 0.2) is 6.61 Å². The number of aryl methyl sites for hydroxylation is 1. The minimum Gasteiger partial charge on any atom is -0.496 e. The number of methoxy groups -OCH3 is 1. The Hall–Kier alpha value is -2.82. The van der Waals surface area contributed by atoms with Gasteiger partial charge in [0.05, 0.1) is 7.11 Å². The van der Waals surface area contributed by atoms with Crippen LogP contribution in [0.15, 0.2) is 48.5 Å². The van der Waals surface area contributed by atoms with E-state index in [1.165, 1.54) is 7.11 Å². The first-order valence-corrected chi connectivity index (χ1v) is 7.22. The number of benzene rings is 2. The van der Waals surface area contributed by atoms with E-state index in [1.807, 2.05) is 31.2 Å². The minimum atomic E-state index is -0.590. The number of hydrogen-bond donors (Lipinski definition) is 1. The van der Waals surface area contributed by atoms with Crippen molar-refractivity contribution in [3.63, 3.8) is 0 Å². The third kappa shape index (κ3) is 4.85. The van der Waals surface area contributed by atoms with Crippen molar-refractivity contribution in [3.8, 4) is 5.75 Å². The number of hydrogen-bond acceptors (Lipinski definition) is 4. The summed E-state index contributed by atoms with van der Waals surface area (Å²) >= 11 is 0. The fourth-order valence-corrected chi connectivity index (χ4v) is 2.10. The van der Waals surface area contributed by atoms with E-state index in [9.17, 15) is 9.59 Å². The van der Waals surface area contributed by atoms with Gasteiger partial charge in [0, 0.05) is 6.54 Å². The third-order valence-electron chi connectivity index (χ3n) is 3.23. The van der Waals surface area contributed by atoms with E-state index in [-0.39, 0.29) is 12.5 Å². The normalized spacial score (nSPS) is 10.0. The fraction of sp³-hybridized carbons (Fsp3) is 0.222. The number of amides is 1. The Bertz CT molecular complexity index is 697. The van der Waals surface area contributed by atoms with Gasteiger partial charge in [0.1, 0.15) is 11.3 Å². The standard InChI is InChI=1S/C18H19NO4/c1-13-6-5-7-14(10-13)11-19-17(20)12-23-18(21)15-8-3-4-9-16(15)22-2/h3-10H,11-12H2,1-2H3,(H,19,20). The Balaban J connectivity index is 1.83. The lowest BCUT2D eigenvalue weighted by atomic mass is 10.1. The van der Waals surface area contributed by atoms with Crippen LogP contribution in [0.1, 0.15) is 21.5 Å². The number of esters is 1. The molecule has 0 aliphatic rings. The number of nitrogens with one attached hydrogen (secondary N) is 1. The van der Waals surface area contributed by atoms with Crippen molar-refractivity contribution >= 4 is 11.9 Å². The van der Waals surface area contributed by atoms with Gasteiger partial charge in [-0.25, -0.2) is 4.79 Å². The molecule has 0 fully saturated rings. The Labute approximate surface area is 135 Å². The summed E-state index contributed by atoms with van der Waals surface area (Å²) in [4.78, 5) is 23.7. The second-order valence-electron chi connectivity index (χ2n) is 5.04. The monoisotopic (exact) mass is 313 g/mol. The largest absolute Gasteiger partial charge is 0.496 e. The molecule has 5 heteroatoms. The molecule has 23 heavy (non-hydrogen) atoms. The maximum Gasteiger partial charge on any atom is 0.342 e. The van der Waals surface area contributed by atoms with Crippen molar-refractivity contribution in [2.75, 3.05) is 13.7 Å². The molecule has 2 aromatic carbocycles. The highest BCUT2D eigenvalue weighted by atomic mass is 16.5. The van der Waals surface area contributed by atoms with Crippen molar-refractivity contribution in [2.24, 2.45) is 0 Å². The van der Waals surface area contributed by atoms with Gasteiger partial charge in [-0.2, -0.15) is 0 Å². The minimum absolute atomic E-state index is 0.293. The van der Waals surface area contributed by atoms with Crippen molar-refractivity contribution in [1.29, 1.82) is 0 Å². The molecule has 0 spiro atoms. The zero-order chi connectivity index (χ0) is 16.7. The molecule has 2 rings (SSSR count). The van der Waals surface area contributed by atoms with Gasteiger partial charge < -0.3 is 14.8 Å². The molecule has 0 heterocycles. The van der Waals surface area contributed by atoms with Crippen molar-refractivity contribution < 1.29 is 19.1 Å². The molecular weight excluding hydrogens is 294 g/mol. The van der Waals surface area contributed by atoms with E-state index in [0.29, 0.717) is 17.9 Å². The maximum absolute atomic E-state index is 12.0. The molecule has 0 unspecified atom stereocenters. The molecule has 120 valence electrons. The lowest BCUT2D eigenvalue weighted by Gasteiger charge is -2.09. The van der Waals surface area contributed by atoms with Gasteiger partial charge in [-0.3, -0.25) is 4.79 Å². The van der Waals surface area contributed by atoms with Crippen molar-refractivity contribution in [1.82, 2.24) is 5.32 Å². The summed E-state index contributed by atoms with van der Waals surface area (Å²) in [6.45, 7) is 2.05. The van der Waals surface area contributed by atoms with Crippen LogP contribution >= 0.6 is 0 Å². The number of carbonyl (C=O) groups is 2. The lowest BCUT2D eigenvalue weighted by molar-refractivity contribution is -0.124. The van der Waals surface area contributed by atoms with Gasteiger partial charge in [-0.05, 0) is 24.6 Å². The summed E-state index contributed by atoms with van der Waals surface area (Å²) in [5, 5.41) is 2.71. The summed E-state index contributed by atoms with van der Waals surface area (Å²) in [6.07, 6.45) is 0. The van der Waals surface area contributed by atoms with Gasteiger partial charge in [0.2, 0.25) is 0 Å². The summed E-state index contributed by atoms with van der Waals surface area (Å²) in [6, 6.07) is 14.5. The van der Waals surface area contributed by atoms with Crippen LogP contribution in [0, 0.1) is 6.92 Å². The zero-order valence-electron chi connectivity index (χ0n) is 13.2. The van der Waals surface area contributed by atoms with Crippen LogP contribution < -0.4 is 10.1 Å². The van der Waals surface area contributed by atoms with E-state index < -0.39 is 5.97 Å². The first kappa shape index (κ1) is 16.5. The lowest BCUT2D eigenvalue weighted by Crippen LogP contribution is -2.28. The molecule has 0 bridgehead atoms. The number of para-hydroxylation sites is 1. The molecule has 0 aliphatic heterocycles. The molecule has 0 saturated carbocycles. The second-order valence-corrected chi connectivity index (χ2v) is 5.04. The molecule has 0 aromatic heterocycles. The molecule has 0 atom stereocenters. The molecule has 5 nitrogen and oxygen atoms in total. The molecule has 0 aliphatic carbocycles. The number of carbonyl (C=O) groups excluding carboxylic acids is 2. The molecule has 1 N–H and O–H groups in total. The van der Waals surface area contributed by atoms with Crippen LogP contribution in [0.5, 0.6) is 5.75 Å². The summed E-state index contributed by atoms with van der Waals surface area (Å²) in [5.41, 5.74) is 2.41. The Morgan fingerprint density at radius 2 is 1.87 bits per heavy atom. The predicted octanol–water partition coefficient (Wildman–Crippen LogP) is 2.48. The molecule has 0 saturated heterocycles. The predicted molar refractivity (Wildman–Crippen MR) is 86.3 cm³/mol. The highest BCUT2D eigenvalue weighted by Crippen LogP contribution is 2.17. The number of rotatable bonds is 6. The quantitative estimate of drug-likeness (QED) is 0.832. The van der Waals surface area contributed by atoms with E-state index in [1.54, 1.807) is 24.3 Å². The van der Waals surface area contributed by atoms with E-state index in [4.69, 9.17) is 9.47 Å². The van der Waals surface area contributed by atoms with Crippen LogP contribution in [-0.2, 0) is 16.1 Å². The van der Waals surface area contributed by atoms with Crippen LogP contribution in [0.3, 0.4) is 0 Å². The van der Waals surface area contributed by atoms with Crippen LogP contribution in [-0.4, -0.2) is 25.6 Å². The molecule has 1 amide bonds. The highest BCUT2D eigenvalue weighted by molar-refractivity contribution is 5.93. The maximum atomic E-state index is 12.0. The van der Waals surface area contributed by atoms with Crippen molar-refractivity contribution in [2.45, 2.75) is 13.5 Å². The zero-order valence-corrected chi connectivity index (χ0v) is 13.2. The van der Waals surface area contributed by atoms with Gasteiger partial charge in [0.25, 0.3) is 5.91 Å². The molecule has 2 aromatic rings. The van der Waals surface area contributed by atoms with Gasteiger partial charge in [-0.15, -0.1) is 0 Å². The van der Waals surface area contributed by atoms with Crippen LogP contribution in [0.25, 0.3) is 0 Å². The Morgan fingerprint density at radius 3 is 2.61 bits per heavy atom. The van der Waals surface area contributed by atoms with Crippen molar-refractivity contribution in [3.05, 3.63) is 65.2 Å². The van der Waals surface area contributed by atoms with E-state index in [0.717, 1.165) is 11.1 Å². The highest BCUT2D eigenvalue weighted by Gasteiger charge is 2.14. The fourth-order valence-electron chi connectivity index (χ4n) is 2.10. The summed E-state index contributed by atoms with van der Waals surface area (Å²) in [7, 11) is 1.47. The SMILES string of the molecule is COc1ccccc1C(=O)OCC(=O)NCc1cccc(C)c1. The third-order valence-corrected chi connectivity index (χ3v) is 3.23. The number of ether oxygens (including phenoxy) is 2. The Morgan fingerprint density at radius 1 is 1.09 bits per heavy atom. The average molecular weight is 313 g/mol. The molecule has 0 radical (unpaired) electrons. The summed E-state index contributed by atoms with van der Waals surface area (Å²) in [5.74, 6) is -0.527. The van der Waals surface area contributed by atoms with Crippen LogP contribution in [0.2, 0.25) is 0 Å². The average Bonchev–Trinajstić information content (AvgIpc) is 2.57. The van der Waals surface area contributed by atoms with Crippen LogP contribution in [0.4, 0.5) is 0 Å². The topological polar surface area (TPSA) is 64.6 Å². The van der Waals surface area contributed by atoms with E-state index >= 15 is 0 Å². The van der Waals surface area contributed by atoms with Gasteiger partial charge >= 0.3 is 5.97 Å². The first-order chi connectivity index (χ1) is 11.1. The summed E-state index contributed by atoms with van der Waals surface area (Å²) < 4.78 is 10.1. The molecular formula is C18H19NO4. The Kier molecular flexibility index (Phi) is 5.74. The second kappa shape index (κ2) is 7.98. The smallest absolute Gasteiger partial charge is 0.342 e. The van der Waals surface area contributed by atoms with E-state index in [2.05, 4.69) is 5.32 Å².